The van der Waals surface area contributed by atoms with Gasteiger partial charge in [0.05, 0.1) is 0 Å². The molecule has 2 rings (SSSR count). The molecular weight excluding hydrogens is 290 g/mol. The number of carbonyl (C=O) groups excluding carboxylic acids is 2. The Balaban J connectivity index is 2.02. The van der Waals surface area contributed by atoms with Crippen LogP contribution in [-0.2, 0) is 9.59 Å². The first-order valence-corrected chi connectivity index (χ1v) is 6.64. The van der Waals surface area contributed by atoms with Crippen molar-refractivity contribution in [3.63, 3.8) is 0 Å². The van der Waals surface area contributed by atoms with Crippen molar-refractivity contribution in [2.75, 3.05) is 10.6 Å². The number of nitrogens with zero attached hydrogens (tertiary/aromatic N) is 1. The van der Waals surface area contributed by atoms with Crippen molar-refractivity contribution in [3.05, 3.63) is 52.7 Å². The van der Waals surface area contributed by atoms with Gasteiger partial charge in [-0.3, -0.25) is 9.59 Å². The second kappa shape index (κ2) is 6.37. The summed E-state index contributed by atoms with van der Waals surface area (Å²) in [4.78, 5) is 27.6. The van der Waals surface area contributed by atoms with Gasteiger partial charge in [0, 0.05) is 16.9 Å². The van der Waals surface area contributed by atoms with Gasteiger partial charge in [0.15, 0.2) is 0 Å². The summed E-state index contributed by atoms with van der Waals surface area (Å²) in [7, 11) is 0. The average Bonchev–Trinajstić information content (AvgIpc) is 2.44. The molecule has 2 N–H and O–H groups in total. The first-order valence-electron chi connectivity index (χ1n) is 6.27. The van der Waals surface area contributed by atoms with E-state index >= 15 is 0 Å². The highest BCUT2D eigenvalue weighted by atomic mass is 35.5. The second-order valence-electron chi connectivity index (χ2n) is 4.59. The van der Waals surface area contributed by atoms with E-state index in [0.29, 0.717) is 16.5 Å². The molecule has 0 unspecified atom stereocenters. The number of pyridine rings is 1. The zero-order valence-electron chi connectivity index (χ0n) is 11.6. The third-order valence-electron chi connectivity index (χ3n) is 2.80. The predicted molar refractivity (Wildman–Crippen MR) is 82.4 cm³/mol. The Kier molecular flexibility index (Phi) is 4.55. The molecule has 5 nitrogen and oxygen atoms in total. The molecule has 0 radical (unpaired) electrons. The van der Waals surface area contributed by atoms with E-state index in [1.54, 1.807) is 43.5 Å². The van der Waals surface area contributed by atoms with Crippen LogP contribution in [0, 0.1) is 13.8 Å². The normalized spacial score (nSPS) is 10.0. The number of amides is 2. The molecule has 0 atom stereocenters. The van der Waals surface area contributed by atoms with Crippen LogP contribution < -0.4 is 10.6 Å². The van der Waals surface area contributed by atoms with Crippen LogP contribution in [0.2, 0.25) is 5.02 Å². The Morgan fingerprint density at radius 1 is 1.05 bits per heavy atom. The summed E-state index contributed by atoms with van der Waals surface area (Å²) in [5, 5.41) is 5.53. The number of benzene rings is 1. The molecule has 21 heavy (non-hydrogen) atoms. The lowest BCUT2D eigenvalue weighted by Crippen LogP contribution is -2.29. The van der Waals surface area contributed by atoms with Gasteiger partial charge in [-0.2, -0.15) is 0 Å². The van der Waals surface area contributed by atoms with E-state index in [-0.39, 0.29) is 0 Å². The third kappa shape index (κ3) is 4.03. The summed E-state index contributed by atoms with van der Waals surface area (Å²) >= 11 is 5.84. The van der Waals surface area contributed by atoms with Crippen molar-refractivity contribution in [3.8, 4) is 0 Å². The summed E-state index contributed by atoms with van der Waals surface area (Å²) in [6.45, 7) is 3.68. The van der Waals surface area contributed by atoms with Crippen molar-refractivity contribution in [1.29, 1.82) is 0 Å². The fraction of sp³-hybridized carbons (Fsp3) is 0.133. The standard InChI is InChI=1S/C15H14ClN3O2/c1-9-3-6-13(17-8-9)19-15(21)14(20)18-12-5-4-11(16)7-10(12)2/h3-8H,1-2H3,(H,18,20)(H,17,19,21). The van der Waals surface area contributed by atoms with Gasteiger partial charge in [0.2, 0.25) is 0 Å². The molecule has 0 fully saturated rings. The summed E-state index contributed by atoms with van der Waals surface area (Å²) in [6, 6.07) is 8.42. The Morgan fingerprint density at radius 3 is 2.38 bits per heavy atom. The fourth-order valence-electron chi connectivity index (χ4n) is 1.66. The Bertz CT molecular complexity index is 684. The number of nitrogens with one attached hydrogen (secondary N) is 2. The van der Waals surface area contributed by atoms with Gasteiger partial charge in [0.1, 0.15) is 5.82 Å². The molecule has 2 amide bonds. The van der Waals surface area contributed by atoms with Gasteiger partial charge < -0.3 is 10.6 Å². The van der Waals surface area contributed by atoms with E-state index in [9.17, 15) is 9.59 Å². The highest BCUT2D eigenvalue weighted by Gasteiger charge is 2.15. The number of halogens is 1. The van der Waals surface area contributed by atoms with Gasteiger partial charge >= 0.3 is 11.8 Å². The van der Waals surface area contributed by atoms with Gasteiger partial charge in [-0.25, -0.2) is 4.98 Å². The smallest absolute Gasteiger partial charge is 0.315 e. The fourth-order valence-corrected chi connectivity index (χ4v) is 1.89. The minimum absolute atomic E-state index is 0.327. The first kappa shape index (κ1) is 15.0. The molecule has 0 saturated heterocycles. The topological polar surface area (TPSA) is 71.1 Å². The molecule has 0 aliphatic rings. The zero-order valence-corrected chi connectivity index (χ0v) is 12.4. The quantitative estimate of drug-likeness (QED) is 0.838. The Labute approximate surface area is 127 Å². The maximum absolute atomic E-state index is 11.8. The van der Waals surface area contributed by atoms with Crippen LogP contribution in [-0.4, -0.2) is 16.8 Å². The molecule has 0 bridgehead atoms. The van der Waals surface area contributed by atoms with E-state index < -0.39 is 11.8 Å². The third-order valence-corrected chi connectivity index (χ3v) is 3.03. The van der Waals surface area contributed by atoms with E-state index in [1.807, 2.05) is 6.92 Å². The molecular formula is C15H14ClN3O2. The number of carbonyl (C=O) groups is 2. The van der Waals surface area contributed by atoms with Crippen molar-refractivity contribution < 1.29 is 9.59 Å². The van der Waals surface area contributed by atoms with E-state index in [1.165, 1.54) is 0 Å². The van der Waals surface area contributed by atoms with Crippen molar-refractivity contribution >= 4 is 34.9 Å². The number of hydrogen-bond donors (Lipinski definition) is 2. The highest BCUT2D eigenvalue weighted by Crippen LogP contribution is 2.19. The zero-order chi connectivity index (χ0) is 15.4. The largest absolute Gasteiger partial charge is 0.318 e. The molecule has 1 heterocycles. The van der Waals surface area contributed by atoms with E-state index in [4.69, 9.17) is 11.6 Å². The number of anilines is 2. The van der Waals surface area contributed by atoms with Gasteiger partial charge in [-0.15, -0.1) is 0 Å². The highest BCUT2D eigenvalue weighted by molar-refractivity contribution is 6.43. The number of hydrogen-bond acceptors (Lipinski definition) is 3. The summed E-state index contributed by atoms with van der Waals surface area (Å²) < 4.78 is 0. The monoisotopic (exact) mass is 303 g/mol. The summed E-state index contributed by atoms with van der Waals surface area (Å²) in [5.41, 5.74) is 2.28. The molecule has 0 spiro atoms. The average molecular weight is 304 g/mol. The summed E-state index contributed by atoms with van der Waals surface area (Å²) in [6.07, 6.45) is 1.61. The maximum atomic E-state index is 11.8. The molecule has 108 valence electrons. The molecule has 1 aromatic carbocycles. The Hall–Kier alpha value is -2.40. The first-order chi connectivity index (χ1) is 9.95. The van der Waals surface area contributed by atoms with Crippen LogP contribution in [0.3, 0.4) is 0 Å². The van der Waals surface area contributed by atoms with Crippen LogP contribution in [0.15, 0.2) is 36.5 Å². The SMILES string of the molecule is Cc1ccc(NC(=O)C(=O)Nc2ccc(Cl)cc2C)nc1. The lowest BCUT2D eigenvalue weighted by molar-refractivity contribution is -0.133. The number of aryl methyl sites for hydroxylation is 2. The van der Waals surface area contributed by atoms with Crippen molar-refractivity contribution in [2.45, 2.75) is 13.8 Å². The minimum Gasteiger partial charge on any atom is -0.318 e. The molecule has 2 aromatic rings. The molecule has 0 aliphatic carbocycles. The molecule has 1 aromatic heterocycles. The van der Waals surface area contributed by atoms with Gasteiger partial charge in [-0.1, -0.05) is 17.7 Å². The number of rotatable bonds is 2. The van der Waals surface area contributed by atoms with Crippen LogP contribution in [0.5, 0.6) is 0 Å². The van der Waals surface area contributed by atoms with Gasteiger partial charge in [0.25, 0.3) is 0 Å². The lowest BCUT2D eigenvalue weighted by Gasteiger charge is -2.08. The van der Waals surface area contributed by atoms with Crippen LogP contribution in [0.1, 0.15) is 11.1 Å². The van der Waals surface area contributed by atoms with Crippen LogP contribution in [0.25, 0.3) is 0 Å². The van der Waals surface area contributed by atoms with Crippen LogP contribution in [0.4, 0.5) is 11.5 Å². The second-order valence-corrected chi connectivity index (χ2v) is 5.02. The Morgan fingerprint density at radius 2 is 1.76 bits per heavy atom. The van der Waals surface area contributed by atoms with Crippen LogP contribution >= 0.6 is 11.6 Å². The predicted octanol–water partition coefficient (Wildman–Crippen LogP) is 2.93. The van der Waals surface area contributed by atoms with E-state index in [2.05, 4.69) is 15.6 Å². The maximum Gasteiger partial charge on any atom is 0.315 e. The number of aromatic nitrogens is 1. The molecule has 0 saturated carbocycles. The lowest BCUT2D eigenvalue weighted by atomic mass is 10.2. The molecule has 0 aliphatic heterocycles. The molecule has 6 heteroatoms. The van der Waals surface area contributed by atoms with E-state index in [0.717, 1.165) is 11.1 Å². The minimum atomic E-state index is -0.777. The van der Waals surface area contributed by atoms with Gasteiger partial charge in [-0.05, 0) is 49.2 Å². The van der Waals surface area contributed by atoms with Crippen molar-refractivity contribution in [1.82, 2.24) is 4.98 Å². The van der Waals surface area contributed by atoms with Crippen molar-refractivity contribution in [2.24, 2.45) is 0 Å². The summed E-state index contributed by atoms with van der Waals surface area (Å²) in [5.74, 6) is -1.21.